The lowest BCUT2D eigenvalue weighted by Gasteiger charge is -2.43. The fraction of sp³-hybridized carbons (Fsp3) is 0.545. The second-order valence-electron chi connectivity index (χ2n) is 12.9. The van der Waals surface area contributed by atoms with E-state index in [1.165, 1.54) is 10.4 Å². The molecule has 0 radical (unpaired) electrons. The molecule has 0 saturated carbocycles. The highest BCUT2D eigenvalue weighted by molar-refractivity contribution is 6.99. The largest absolute Gasteiger partial charge is 0.444 e. The van der Waals surface area contributed by atoms with Gasteiger partial charge in [0.15, 0.2) is 0 Å². The summed E-state index contributed by atoms with van der Waals surface area (Å²) in [4.78, 5) is 14.2. The molecule has 1 N–H and O–H groups in total. The number of carbonyl (C=O) groups is 1. The highest BCUT2D eigenvalue weighted by atomic mass is 28.4. The molecule has 3 rings (SSSR count). The third-order valence-electron chi connectivity index (χ3n) is 7.22. The first-order valence-electron chi connectivity index (χ1n) is 14.8. The summed E-state index contributed by atoms with van der Waals surface area (Å²) in [6, 6.07) is 21.1. The van der Waals surface area contributed by atoms with Crippen molar-refractivity contribution < 1.29 is 27.8 Å². The number of rotatable bonds is 13. The molecule has 42 heavy (non-hydrogen) atoms. The van der Waals surface area contributed by atoms with Gasteiger partial charge in [0.05, 0.1) is 38.7 Å². The van der Waals surface area contributed by atoms with Gasteiger partial charge in [-0.05, 0) is 49.7 Å². The normalized spacial score (nSPS) is 16.9. The van der Waals surface area contributed by atoms with Gasteiger partial charge in [-0.3, -0.25) is 10.2 Å². The highest BCUT2D eigenvalue weighted by Crippen LogP contribution is 2.36. The number of hydrogen-bond acceptors (Lipinski definition) is 6. The maximum Gasteiger partial charge on any atom is 0.411 e. The van der Waals surface area contributed by atoms with Crippen molar-refractivity contribution in [3.8, 4) is 0 Å². The number of amides is 1. The minimum atomic E-state index is -2.58. The summed E-state index contributed by atoms with van der Waals surface area (Å²) >= 11 is 0. The Bertz CT molecular complexity index is 1110. The maximum absolute atomic E-state index is 14.8. The predicted octanol–water partition coefficient (Wildman–Crippen LogP) is 5.25. The van der Waals surface area contributed by atoms with E-state index in [1.54, 1.807) is 20.8 Å². The summed E-state index contributed by atoms with van der Waals surface area (Å²) in [6.07, 6.45) is -0.0725. The molecule has 232 valence electrons. The number of alkyl carbamates (subject to hydrolysis) is 1. The molecule has 0 bridgehead atoms. The van der Waals surface area contributed by atoms with E-state index in [2.05, 4.69) is 74.6 Å². The highest BCUT2D eigenvalue weighted by Gasteiger charge is 2.50. The Kier molecular flexibility index (Phi) is 12.3. The molecule has 1 atom stereocenters. The lowest BCUT2D eigenvalue weighted by atomic mass is 9.97. The summed E-state index contributed by atoms with van der Waals surface area (Å²) in [7, 11) is -0.720. The SMILES string of the molecule is CN1CC(F)=C(NC(=O)OC(C)(C)C)C(CCOCCOCCO[Si](c2ccccc2)(c2ccccc2)C(C)(C)C)C1. The predicted molar refractivity (Wildman–Crippen MR) is 168 cm³/mol. The van der Waals surface area contributed by atoms with Crippen LogP contribution in [-0.4, -0.2) is 78.1 Å². The molecule has 0 aromatic heterocycles. The van der Waals surface area contributed by atoms with Crippen molar-refractivity contribution >= 4 is 24.8 Å². The van der Waals surface area contributed by atoms with Gasteiger partial charge < -0.3 is 18.6 Å². The number of halogens is 1. The van der Waals surface area contributed by atoms with Gasteiger partial charge in [-0.25, -0.2) is 9.18 Å². The molecular weight excluding hydrogens is 551 g/mol. The molecule has 0 aliphatic carbocycles. The van der Waals surface area contributed by atoms with Crippen LogP contribution in [0.2, 0.25) is 5.04 Å². The van der Waals surface area contributed by atoms with Crippen LogP contribution in [0.4, 0.5) is 9.18 Å². The lowest BCUT2D eigenvalue weighted by molar-refractivity contribution is 0.0302. The zero-order chi connectivity index (χ0) is 30.8. The van der Waals surface area contributed by atoms with E-state index in [4.69, 9.17) is 18.6 Å². The van der Waals surface area contributed by atoms with Gasteiger partial charge in [-0.2, -0.15) is 0 Å². The number of carbonyl (C=O) groups excluding carboxylic acids is 1. The summed E-state index contributed by atoms with van der Waals surface area (Å²) in [6.45, 7) is 15.1. The zero-order valence-corrected chi connectivity index (χ0v) is 27.4. The molecule has 0 spiro atoms. The van der Waals surface area contributed by atoms with Crippen LogP contribution in [0.1, 0.15) is 48.0 Å². The Balaban J connectivity index is 1.47. The van der Waals surface area contributed by atoms with Crippen LogP contribution in [0, 0.1) is 5.92 Å². The van der Waals surface area contributed by atoms with Crippen molar-refractivity contribution in [1.29, 1.82) is 0 Å². The molecule has 2 aromatic carbocycles. The van der Waals surface area contributed by atoms with Crippen molar-refractivity contribution in [2.24, 2.45) is 5.92 Å². The minimum Gasteiger partial charge on any atom is -0.444 e. The summed E-state index contributed by atoms with van der Waals surface area (Å²) in [5.74, 6) is -0.541. The monoisotopic (exact) mass is 600 g/mol. The van der Waals surface area contributed by atoms with Crippen LogP contribution in [0.15, 0.2) is 72.2 Å². The standard InChI is InChI=1S/C33H49FN2O5Si/c1-32(2,3)41-31(37)35-30-26(24-36(7)25-29(30)34)18-19-38-20-21-39-22-23-40-42(33(4,5)6,27-14-10-8-11-15-27)28-16-12-9-13-17-28/h8-17,26H,18-25H2,1-7H3,(H,35,37). The number of nitrogens with zero attached hydrogens (tertiary/aromatic N) is 1. The van der Waals surface area contributed by atoms with Crippen LogP contribution >= 0.6 is 0 Å². The van der Waals surface area contributed by atoms with Crippen molar-refractivity contribution in [2.45, 2.75) is 58.6 Å². The lowest BCUT2D eigenvalue weighted by Crippen LogP contribution is -2.66. The molecule has 1 aliphatic heterocycles. The fourth-order valence-corrected chi connectivity index (χ4v) is 10.0. The van der Waals surface area contributed by atoms with E-state index < -0.39 is 20.0 Å². The van der Waals surface area contributed by atoms with Crippen LogP contribution in [0.5, 0.6) is 0 Å². The van der Waals surface area contributed by atoms with E-state index in [9.17, 15) is 9.18 Å². The van der Waals surface area contributed by atoms with Gasteiger partial charge in [0.25, 0.3) is 8.32 Å². The summed E-state index contributed by atoms with van der Waals surface area (Å²) in [5.41, 5.74) is -0.363. The quantitative estimate of drug-likeness (QED) is 0.250. The van der Waals surface area contributed by atoms with Crippen molar-refractivity contribution in [3.63, 3.8) is 0 Å². The molecule has 1 heterocycles. The van der Waals surface area contributed by atoms with Crippen molar-refractivity contribution in [3.05, 3.63) is 72.2 Å². The third-order valence-corrected chi connectivity index (χ3v) is 12.3. The van der Waals surface area contributed by atoms with Crippen molar-refractivity contribution in [1.82, 2.24) is 10.2 Å². The Morgan fingerprint density at radius 3 is 1.93 bits per heavy atom. The summed E-state index contributed by atoms with van der Waals surface area (Å²) in [5, 5.41) is 5.04. The molecule has 0 saturated heterocycles. The Morgan fingerprint density at radius 1 is 0.881 bits per heavy atom. The summed E-state index contributed by atoms with van der Waals surface area (Å²) < 4.78 is 38.6. The molecule has 1 amide bonds. The zero-order valence-electron chi connectivity index (χ0n) is 26.4. The first-order valence-corrected chi connectivity index (χ1v) is 16.7. The minimum absolute atomic E-state index is 0.0862. The van der Waals surface area contributed by atoms with Gasteiger partial charge in [0.2, 0.25) is 0 Å². The Morgan fingerprint density at radius 2 is 1.40 bits per heavy atom. The number of hydrogen-bond donors (Lipinski definition) is 1. The van der Waals surface area contributed by atoms with E-state index in [-0.39, 0.29) is 23.3 Å². The van der Waals surface area contributed by atoms with Crippen LogP contribution in [0.25, 0.3) is 0 Å². The third kappa shape index (κ3) is 9.47. The molecule has 1 aliphatic rings. The van der Waals surface area contributed by atoms with E-state index in [1.807, 2.05) is 24.1 Å². The van der Waals surface area contributed by atoms with Crippen LogP contribution in [-0.2, 0) is 18.6 Å². The van der Waals surface area contributed by atoms with Gasteiger partial charge >= 0.3 is 6.09 Å². The van der Waals surface area contributed by atoms with E-state index >= 15 is 0 Å². The van der Waals surface area contributed by atoms with E-state index in [0.29, 0.717) is 51.7 Å². The molecular formula is C33H49FN2O5Si. The van der Waals surface area contributed by atoms with Gasteiger partial charge in [0.1, 0.15) is 11.4 Å². The second-order valence-corrected chi connectivity index (χ2v) is 17.2. The molecule has 7 nitrogen and oxygen atoms in total. The second kappa shape index (κ2) is 15.2. The number of likely N-dealkylation sites (N-methyl/N-ethyl adjacent to an activating group) is 1. The first kappa shape index (κ1) is 33.9. The first-order chi connectivity index (χ1) is 19.8. The van der Waals surface area contributed by atoms with Gasteiger partial charge in [-0.1, -0.05) is 81.4 Å². The number of benzene rings is 2. The molecule has 2 aromatic rings. The molecule has 1 unspecified atom stereocenters. The van der Waals surface area contributed by atoms with Gasteiger partial charge in [0, 0.05) is 19.1 Å². The number of ether oxygens (including phenoxy) is 3. The fourth-order valence-electron chi connectivity index (χ4n) is 5.46. The molecule has 9 heteroatoms. The van der Waals surface area contributed by atoms with Gasteiger partial charge in [-0.15, -0.1) is 0 Å². The van der Waals surface area contributed by atoms with Crippen molar-refractivity contribution in [2.75, 3.05) is 53.2 Å². The average Bonchev–Trinajstić information content (AvgIpc) is 2.91. The Hall–Kier alpha value is -2.56. The number of nitrogens with one attached hydrogen (secondary N) is 1. The average molecular weight is 601 g/mol. The van der Waals surface area contributed by atoms with E-state index in [0.717, 1.165) is 0 Å². The topological polar surface area (TPSA) is 69.3 Å². The maximum atomic E-state index is 14.8. The Labute approximate surface area is 252 Å². The van der Waals surface area contributed by atoms with Crippen LogP contribution in [0.3, 0.4) is 0 Å². The smallest absolute Gasteiger partial charge is 0.411 e. The van der Waals surface area contributed by atoms with Crippen LogP contribution < -0.4 is 15.7 Å². The molecule has 0 fully saturated rings.